The van der Waals surface area contributed by atoms with E-state index in [1.807, 2.05) is 0 Å². The molecule has 0 aromatic rings. The lowest BCUT2D eigenvalue weighted by atomic mass is 10.2. The number of carbonyl (C=O) groups excluding carboxylic acids is 1. The molecule has 0 radical (unpaired) electrons. The van der Waals surface area contributed by atoms with Crippen molar-refractivity contribution < 1.29 is 14.7 Å². The zero-order valence-corrected chi connectivity index (χ0v) is 8.57. The number of hydrogen-bond acceptors (Lipinski definition) is 4. The van der Waals surface area contributed by atoms with E-state index in [9.17, 15) is 9.59 Å². The third kappa shape index (κ3) is 5.26. The van der Waals surface area contributed by atoms with Crippen LogP contribution in [0.25, 0.3) is 0 Å². The highest BCUT2D eigenvalue weighted by molar-refractivity contribution is 6.38. The van der Waals surface area contributed by atoms with Gasteiger partial charge in [-0.3, -0.25) is 14.6 Å². The van der Waals surface area contributed by atoms with Crippen LogP contribution < -0.4 is 5.43 Å². The highest BCUT2D eigenvalue weighted by Gasteiger charge is 2.12. The third-order valence-corrected chi connectivity index (χ3v) is 1.38. The normalized spacial score (nSPS) is 11.6. The first-order chi connectivity index (χ1) is 6.47. The molecule has 0 aromatic carbocycles. The van der Waals surface area contributed by atoms with Gasteiger partial charge in [-0.1, -0.05) is 0 Å². The van der Waals surface area contributed by atoms with Crippen LogP contribution >= 0.6 is 0 Å². The zero-order chi connectivity index (χ0) is 11.1. The highest BCUT2D eigenvalue weighted by Crippen LogP contribution is 1.92. The summed E-state index contributed by atoms with van der Waals surface area (Å²) in [6, 6.07) is 0. The maximum Gasteiger partial charge on any atom is 0.303 e. The Kier molecular flexibility index (Phi) is 5.47. The first kappa shape index (κ1) is 12.6. The Hall–Kier alpha value is -1.43. The summed E-state index contributed by atoms with van der Waals surface area (Å²) in [6.07, 6.45) is -0.212. The number of hydrogen-bond donors (Lipinski definition) is 2. The van der Waals surface area contributed by atoms with Crippen LogP contribution in [0, 0.1) is 0 Å². The van der Waals surface area contributed by atoms with Crippen molar-refractivity contribution in [3.8, 4) is 0 Å². The summed E-state index contributed by atoms with van der Waals surface area (Å²) in [5.41, 5.74) is 2.69. The number of ketones is 1. The summed E-state index contributed by atoms with van der Waals surface area (Å²) < 4.78 is 0. The van der Waals surface area contributed by atoms with E-state index in [1.54, 1.807) is 19.1 Å². The lowest BCUT2D eigenvalue weighted by Gasteiger charge is -2.13. The van der Waals surface area contributed by atoms with Crippen LogP contribution in [0.4, 0.5) is 0 Å². The number of nitrogens with zero attached hydrogens (tertiary/aromatic N) is 2. The van der Waals surface area contributed by atoms with Crippen LogP contribution in [-0.2, 0) is 9.59 Å². The van der Waals surface area contributed by atoms with Crippen molar-refractivity contribution in [1.82, 2.24) is 10.4 Å². The molecule has 80 valence electrons. The number of carboxylic acid groups (broad SMARTS) is 1. The zero-order valence-electron chi connectivity index (χ0n) is 8.57. The first-order valence-corrected chi connectivity index (χ1v) is 4.13. The molecule has 6 nitrogen and oxygen atoms in total. The van der Waals surface area contributed by atoms with Crippen LogP contribution in [0.1, 0.15) is 12.8 Å². The highest BCUT2D eigenvalue weighted by atomic mass is 16.4. The van der Waals surface area contributed by atoms with Crippen molar-refractivity contribution in [2.24, 2.45) is 4.99 Å². The van der Waals surface area contributed by atoms with E-state index in [-0.39, 0.29) is 24.5 Å². The number of amidine groups is 1. The average molecular weight is 201 g/mol. The van der Waals surface area contributed by atoms with E-state index < -0.39 is 5.97 Å². The van der Waals surface area contributed by atoms with E-state index in [0.717, 1.165) is 0 Å². The second kappa shape index (κ2) is 6.09. The second-order valence-electron chi connectivity index (χ2n) is 2.90. The standard InChI is InChI=1S/C8H15N3O3/c1-9-8(10-11(2)3)6(12)4-5-7(13)14/h4-5H2,1-3H3,(H,9,10)(H,13,14). The largest absolute Gasteiger partial charge is 0.481 e. The van der Waals surface area contributed by atoms with Crippen LogP contribution in [0.15, 0.2) is 4.99 Å². The Labute approximate surface area is 82.6 Å². The maximum absolute atomic E-state index is 11.3. The summed E-state index contributed by atoms with van der Waals surface area (Å²) >= 11 is 0. The van der Waals surface area contributed by atoms with Gasteiger partial charge in [0.05, 0.1) is 6.42 Å². The van der Waals surface area contributed by atoms with Crippen LogP contribution in [0.2, 0.25) is 0 Å². The van der Waals surface area contributed by atoms with Gasteiger partial charge in [0.2, 0.25) is 0 Å². The monoisotopic (exact) mass is 201 g/mol. The lowest BCUT2D eigenvalue weighted by molar-refractivity contribution is -0.138. The van der Waals surface area contributed by atoms with Gasteiger partial charge >= 0.3 is 5.97 Å². The van der Waals surface area contributed by atoms with Crippen LogP contribution in [-0.4, -0.2) is 48.8 Å². The molecule has 0 aliphatic heterocycles. The van der Waals surface area contributed by atoms with Crippen molar-refractivity contribution in [2.75, 3.05) is 21.1 Å². The number of aliphatic imine (C=N–C) groups is 1. The summed E-state index contributed by atoms with van der Waals surface area (Å²) in [5.74, 6) is -1.11. The Morgan fingerprint density at radius 1 is 1.36 bits per heavy atom. The molecular weight excluding hydrogens is 186 g/mol. The van der Waals surface area contributed by atoms with E-state index >= 15 is 0 Å². The number of Topliss-reactive ketones (excluding diaryl/α,β-unsaturated/α-hetero) is 1. The number of carboxylic acids is 1. The molecule has 6 heteroatoms. The fourth-order valence-electron chi connectivity index (χ4n) is 0.788. The molecule has 0 aliphatic rings. The van der Waals surface area contributed by atoms with Crippen molar-refractivity contribution in [1.29, 1.82) is 0 Å². The molecule has 0 aromatic heterocycles. The molecule has 0 heterocycles. The molecule has 0 atom stereocenters. The predicted molar refractivity (Wildman–Crippen MR) is 52.1 cm³/mol. The lowest BCUT2D eigenvalue weighted by Crippen LogP contribution is -2.40. The molecule has 0 saturated carbocycles. The van der Waals surface area contributed by atoms with Gasteiger partial charge < -0.3 is 10.5 Å². The SMILES string of the molecule is CN=C(NN(C)C)C(=O)CCC(=O)O. The molecular formula is C8H15N3O3. The summed E-state index contributed by atoms with van der Waals surface area (Å²) in [6.45, 7) is 0. The van der Waals surface area contributed by atoms with Crippen LogP contribution in [0.5, 0.6) is 0 Å². The Morgan fingerprint density at radius 2 is 1.93 bits per heavy atom. The minimum Gasteiger partial charge on any atom is -0.481 e. The molecule has 0 amide bonds. The van der Waals surface area contributed by atoms with Crippen molar-refractivity contribution in [3.05, 3.63) is 0 Å². The Bertz CT molecular complexity index is 248. The Morgan fingerprint density at radius 3 is 2.29 bits per heavy atom. The maximum atomic E-state index is 11.3. The minimum atomic E-state index is -0.987. The number of hydrazine groups is 1. The smallest absolute Gasteiger partial charge is 0.303 e. The third-order valence-electron chi connectivity index (χ3n) is 1.38. The topological polar surface area (TPSA) is 82.0 Å². The van der Waals surface area contributed by atoms with Crippen LogP contribution in [0.3, 0.4) is 0 Å². The molecule has 0 spiro atoms. The molecule has 14 heavy (non-hydrogen) atoms. The molecule has 0 fully saturated rings. The molecule has 0 bridgehead atoms. The predicted octanol–water partition coefficient (Wildman–Crippen LogP) is -0.485. The molecule has 0 aliphatic carbocycles. The summed E-state index contributed by atoms with van der Waals surface area (Å²) in [4.78, 5) is 25.3. The van der Waals surface area contributed by atoms with Gasteiger partial charge in [0.15, 0.2) is 11.6 Å². The van der Waals surface area contributed by atoms with E-state index in [2.05, 4.69) is 10.4 Å². The van der Waals surface area contributed by atoms with E-state index in [0.29, 0.717) is 0 Å². The van der Waals surface area contributed by atoms with Gasteiger partial charge in [-0.2, -0.15) is 0 Å². The average Bonchev–Trinajstić information content (AvgIpc) is 2.09. The van der Waals surface area contributed by atoms with E-state index in [4.69, 9.17) is 5.11 Å². The van der Waals surface area contributed by atoms with Gasteiger partial charge in [0.1, 0.15) is 0 Å². The van der Waals surface area contributed by atoms with Crippen molar-refractivity contribution in [3.63, 3.8) is 0 Å². The minimum absolute atomic E-state index is 0.0388. The Balaban J connectivity index is 4.13. The van der Waals surface area contributed by atoms with Gasteiger partial charge in [-0.25, -0.2) is 5.01 Å². The van der Waals surface area contributed by atoms with Gasteiger partial charge in [-0.15, -0.1) is 0 Å². The summed E-state index contributed by atoms with van der Waals surface area (Å²) in [5, 5.41) is 9.95. The first-order valence-electron chi connectivity index (χ1n) is 4.13. The van der Waals surface area contributed by atoms with Gasteiger partial charge in [0, 0.05) is 27.6 Å². The summed E-state index contributed by atoms with van der Waals surface area (Å²) in [7, 11) is 4.91. The molecule has 0 unspecified atom stereocenters. The van der Waals surface area contributed by atoms with E-state index in [1.165, 1.54) is 7.05 Å². The van der Waals surface area contributed by atoms with Gasteiger partial charge in [0.25, 0.3) is 0 Å². The molecule has 0 rings (SSSR count). The molecule has 0 saturated heterocycles. The second-order valence-corrected chi connectivity index (χ2v) is 2.90. The number of aliphatic carboxylic acids is 1. The van der Waals surface area contributed by atoms with Crippen molar-refractivity contribution >= 4 is 17.6 Å². The fraction of sp³-hybridized carbons (Fsp3) is 0.625. The number of carbonyl (C=O) groups is 2. The number of rotatable bonds is 5. The quantitative estimate of drug-likeness (QED) is 0.356. The van der Waals surface area contributed by atoms with Gasteiger partial charge in [-0.05, 0) is 0 Å². The number of nitrogens with one attached hydrogen (secondary N) is 1. The molecule has 2 N–H and O–H groups in total. The fourth-order valence-corrected chi connectivity index (χ4v) is 0.788. The van der Waals surface area contributed by atoms with Crippen molar-refractivity contribution in [2.45, 2.75) is 12.8 Å².